The third kappa shape index (κ3) is 3.59. The number of nitrogens with zero attached hydrogens (tertiary/aromatic N) is 1. The fourth-order valence-electron chi connectivity index (χ4n) is 0.794. The summed E-state index contributed by atoms with van der Waals surface area (Å²) in [5.74, 6) is 0.425. The van der Waals surface area contributed by atoms with E-state index in [-0.39, 0.29) is 13.0 Å². The van der Waals surface area contributed by atoms with Gasteiger partial charge in [-0.15, -0.1) is 0 Å². The highest BCUT2D eigenvalue weighted by atomic mass is 16.7. The van der Waals surface area contributed by atoms with Gasteiger partial charge in [-0.1, -0.05) is 18.2 Å². The van der Waals surface area contributed by atoms with Crippen LogP contribution in [-0.4, -0.2) is 12.8 Å². The lowest BCUT2D eigenvalue weighted by Gasteiger charge is -2.03. The second-order valence-corrected chi connectivity index (χ2v) is 2.42. The van der Waals surface area contributed by atoms with E-state index in [0.717, 1.165) is 0 Å². The Morgan fingerprint density at radius 2 is 2.07 bits per heavy atom. The number of hydrogen-bond donors (Lipinski definition) is 0. The Morgan fingerprint density at radius 3 is 2.71 bits per heavy atom. The van der Waals surface area contributed by atoms with Gasteiger partial charge in [0.1, 0.15) is 12.4 Å². The maximum atomic E-state index is 10.9. The van der Waals surface area contributed by atoms with E-state index in [0.29, 0.717) is 5.75 Å². The van der Waals surface area contributed by atoms with E-state index in [2.05, 4.69) is 4.74 Å². The summed E-state index contributed by atoms with van der Waals surface area (Å²) in [5, 5.41) is 8.19. The Hall–Kier alpha value is -2.02. The van der Waals surface area contributed by atoms with Gasteiger partial charge in [0.25, 0.3) is 0 Å². The molecule has 0 aliphatic rings. The van der Waals surface area contributed by atoms with Gasteiger partial charge in [-0.2, -0.15) is 5.26 Å². The first-order chi connectivity index (χ1) is 6.83. The molecule has 0 N–H and O–H groups in total. The normalized spacial score (nSPS) is 8.79. The Balaban J connectivity index is 2.32. The number of carbonyl (C=O) groups is 1. The molecule has 1 rings (SSSR count). The third-order valence-corrected chi connectivity index (χ3v) is 1.38. The Labute approximate surface area is 81.7 Å². The minimum Gasteiger partial charge on any atom is -0.433 e. The molecule has 0 spiro atoms. The van der Waals surface area contributed by atoms with Gasteiger partial charge in [-0.05, 0) is 12.1 Å². The molecule has 14 heavy (non-hydrogen) atoms. The SMILES string of the molecule is N#CCCOC(=O)Oc1ccccc1. The van der Waals surface area contributed by atoms with E-state index in [1.54, 1.807) is 24.3 Å². The summed E-state index contributed by atoms with van der Waals surface area (Å²) >= 11 is 0. The standard InChI is InChI=1S/C10H9NO3/c11-7-4-8-13-10(12)14-9-5-2-1-3-6-9/h1-3,5-6H,4,8H2. The quantitative estimate of drug-likeness (QED) is 0.417. The molecule has 72 valence electrons. The van der Waals surface area contributed by atoms with Crippen LogP contribution in [0.4, 0.5) is 4.79 Å². The highest BCUT2D eigenvalue weighted by Gasteiger charge is 2.03. The predicted molar refractivity (Wildman–Crippen MR) is 48.6 cm³/mol. The molecule has 0 aliphatic heterocycles. The summed E-state index contributed by atoms with van der Waals surface area (Å²) in [4.78, 5) is 10.9. The summed E-state index contributed by atoms with van der Waals surface area (Å²) in [6, 6.07) is 10.5. The molecular weight excluding hydrogens is 182 g/mol. The molecule has 0 fully saturated rings. The molecule has 0 heterocycles. The van der Waals surface area contributed by atoms with Gasteiger partial charge < -0.3 is 9.47 Å². The number of benzene rings is 1. The highest BCUT2D eigenvalue weighted by molar-refractivity contribution is 5.63. The van der Waals surface area contributed by atoms with Gasteiger partial charge in [0, 0.05) is 0 Å². The molecule has 4 nitrogen and oxygen atoms in total. The van der Waals surface area contributed by atoms with E-state index >= 15 is 0 Å². The highest BCUT2D eigenvalue weighted by Crippen LogP contribution is 2.08. The van der Waals surface area contributed by atoms with Gasteiger partial charge in [0.15, 0.2) is 0 Å². The number of para-hydroxylation sites is 1. The lowest BCUT2D eigenvalue weighted by atomic mass is 10.3. The molecule has 0 aliphatic carbocycles. The van der Waals surface area contributed by atoms with Gasteiger partial charge in [0.05, 0.1) is 12.5 Å². The van der Waals surface area contributed by atoms with Gasteiger partial charge >= 0.3 is 6.16 Å². The van der Waals surface area contributed by atoms with Crippen molar-refractivity contribution in [2.24, 2.45) is 0 Å². The van der Waals surface area contributed by atoms with Crippen molar-refractivity contribution >= 4 is 6.16 Å². The number of nitriles is 1. The van der Waals surface area contributed by atoms with E-state index < -0.39 is 6.16 Å². The second kappa shape index (κ2) is 5.60. The largest absolute Gasteiger partial charge is 0.513 e. The fraction of sp³-hybridized carbons (Fsp3) is 0.200. The number of hydrogen-bond acceptors (Lipinski definition) is 4. The first-order valence-corrected chi connectivity index (χ1v) is 4.09. The molecule has 0 atom stereocenters. The first-order valence-electron chi connectivity index (χ1n) is 4.09. The summed E-state index contributed by atoms with van der Waals surface area (Å²) in [7, 11) is 0. The van der Waals surface area contributed by atoms with Crippen molar-refractivity contribution in [1.82, 2.24) is 0 Å². The van der Waals surface area contributed by atoms with Crippen LogP contribution in [0.15, 0.2) is 30.3 Å². The second-order valence-electron chi connectivity index (χ2n) is 2.42. The zero-order valence-electron chi connectivity index (χ0n) is 7.47. The van der Waals surface area contributed by atoms with Crippen LogP contribution in [0.2, 0.25) is 0 Å². The minimum atomic E-state index is -0.786. The molecular formula is C10H9NO3. The lowest BCUT2D eigenvalue weighted by Crippen LogP contribution is -2.10. The minimum absolute atomic E-state index is 0.0577. The van der Waals surface area contributed by atoms with Crippen LogP contribution in [-0.2, 0) is 4.74 Å². The fourth-order valence-corrected chi connectivity index (χ4v) is 0.794. The zero-order chi connectivity index (χ0) is 10.2. The average molecular weight is 191 g/mol. The van der Waals surface area contributed by atoms with Crippen molar-refractivity contribution in [3.63, 3.8) is 0 Å². The molecule has 0 unspecified atom stereocenters. The van der Waals surface area contributed by atoms with Crippen LogP contribution in [0.1, 0.15) is 6.42 Å². The van der Waals surface area contributed by atoms with Crippen molar-refractivity contribution < 1.29 is 14.3 Å². The molecule has 1 aromatic rings. The summed E-state index contributed by atoms with van der Waals surface area (Å²) in [6.45, 7) is 0.0577. The van der Waals surface area contributed by atoms with Gasteiger partial charge in [-0.25, -0.2) is 4.79 Å². The summed E-state index contributed by atoms with van der Waals surface area (Å²) in [5.41, 5.74) is 0. The van der Waals surface area contributed by atoms with E-state index in [1.807, 2.05) is 12.1 Å². The van der Waals surface area contributed by atoms with Crippen molar-refractivity contribution in [1.29, 1.82) is 5.26 Å². The molecule has 0 amide bonds. The maximum absolute atomic E-state index is 10.9. The van der Waals surface area contributed by atoms with Gasteiger partial charge in [0.2, 0.25) is 0 Å². The van der Waals surface area contributed by atoms with Crippen LogP contribution >= 0.6 is 0 Å². The lowest BCUT2D eigenvalue weighted by molar-refractivity contribution is 0.101. The van der Waals surface area contributed by atoms with Crippen LogP contribution in [0.3, 0.4) is 0 Å². The molecule has 0 aromatic heterocycles. The van der Waals surface area contributed by atoms with Crippen molar-refractivity contribution in [2.75, 3.05) is 6.61 Å². The van der Waals surface area contributed by atoms with Crippen molar-refractivity contribution in [2.45, 2.75) is 6.42 Å². The third-order valence-electron chi connectivity index (χ3n) is 1.38. The topological polar surface area (TPSA) is 59.3 Å². The molecule has 4 heteroatoms. The number of rotatable bonds is 3. The van der Waals surface area contributed by atoms with Crippen LogP contribution in [0, 0.1) is 11.3 Å². The molecule has 1 aromatic carbocycles. The summed E-state index contributed by atoms with van der Waals surface area (Å²) in [6.07, 6.45) is -0.615. The van der Waals surface area contributed by atoms with Crippen LogP contribution in [0.25, 0.3) is 0 Å². The van der Waals surface area contributed by atoms with Crippen LogP contribution < -0.4 is 4.74 Å². The number of carbonyl (C=O) groups excluding carboxylic acids is 1. The first kappa shape index (κ1) is 10.1. The molecule has 0 saturated heterocycles. The van der Waals surface area contributed by atoms with E-state index in [1.165, 1.54) is 0 Å². The Morgan fingerprint density at radius 1 is 1.36 bits per heavy atom. The smallest absolute Gasteiger partial charge is 0.433 e. The zero-order valence-corrected chi connectivity index (χ0v) is 7.47. The van der Waals surface area contributed by atoms with Crippen molar-refractivity contribution in [3.8, 4) is 11.8 Å². The molecule has 0 saturated carbocycles. The van der Waals surface area contributed by atoms with E-state index in [9.17, 15) is 4.79 Å². The predicted octanol–water partition coefficient (Wildman–Crippen LogP) is 2.12. The Bertz CT molecular complexity index is 329. The van der Waals surface area contributed by atoms with E-state index in [4.69, 9.17) is 10.00 Å². The molecule has 0 radical (unpaired) electrons. The number of ether oxygens (including phenoxy) is 2. The molecule has 0 bridgehead atoms. The monoisotopic (exact) mass is 191 g/mol. The maximum Gasteiger partial charge on any atom is 0.513 e. The van der Waals surface area contributed by atoms with Crippen molar-refractivity contribution in [3.05, 3.63) is 30.3 Å². The van der Waals surface area contributed by atoms with Crippen LogP contribution in [0.5, 0.6) is 5.75 Å². The average Bonchev–Trinajstić information content (AvgIpc) is 2.20. The van der Waals surface area contributed by atoms with Gasteiger partial charge in [-0.3, -0.25) is 0 Å². The Kier molecular flexibility index (Phi) is 4.02. The summed E-state index contributed by atoms with van der Waals surface area (Å²) < 4.78 is 9.39.